The number of rotatable bonds is 4. The van der Waals surface area contributed by atoms with E-state index in [1.165, 1.54) is 23.7 Å². The van der Waals surface area contributed by atoms with Gasteiger partial charge in [-0.3, -0.25) is 9.59 Å². The third kappa shape index (κ3) is 2.98. The minimum Gasteiger partial charge on any atom is -0.481 e. The molecule has 0 atom stereocenters. The lowest BCUT2D eigenvalue weighted by Gasteiger charge is -2.17. The average Bonchev–Trinajstić information content (AvgIpc) is 2.60. The summed E-state index contributed by atoms with van der Waals surface area (Å²) >= 11 is 0. The monoisotopic (exact) mass is 357 g/mol. The van der Waals surface area contributed by atoms with Crippen LogP contribution in [0, 0.1) is 12.7 Å². The van der Waals surface area contributed by atoms with Gasteiger partial charge in [0, 0.05) is 29.3 Å². The predicted octanol–water partition coefficient (Wildman–Crippen LogP) is 3.75. The van der Waals surface area contributed by atoms with Crippen molar-refractivity contribution in [3.63, 3.8) is 0 Å². The molecule has 26 heavy (non-hydrogen) atoms. The SMILES string of the molecule is Cc1ccc2c(-c3ccc(CF)cc3F)c(CC(=O)O)n(C)c(=O)c2c1. The highest BCUT2D eigenvalue weighted by Crippen LogP contribution is 2.33. The van der Waals surface area contributed by atoms with Gasteiger partial charge in [-0.2, -0.15) is 0 Å². The molecule has 0 bridgehead atoms. The van der Waals surface area contributed by atoms with Crippen molar-refractivity contribution < 1.29 is 18.7 Å². The van der Waals surface area contributed by atoms with Crippen LogP contribution >= 0.6 is 0 Å². The van der Waals surface area contributed by atoms with Crippen LogP contribution in [-0.2, 0) is 24.9 Å². The number of carboxylic acids is 1. The second-order valence-electron chi connectivity index (χ2n) is 6.25. The molecule has 0 saturated carbocycles. The lowest BCUT2D eigenvalue weighted by Crippen LogP contribution is -2.24. The molecule has 0 saturated heterocycles. The molecule has 0 unspecified atom stereocenters. The number of carbonyl (C=O) groups is 1. The van der Waals surface area contributed by atoms with Crippen molar-refractivity contribution in [2.24, 2.45) is 7.05 Å². The minimum absolute atomic E-state index is 0.142. The standard InChI is InChI=1S/C20H17F2NO3/c1-11-3-5-13-15(7-11)20(26)23(2)17(9-18(24)25)19(13)14-6-4-12(10-21)8-16(14)22/h3-8H,9-10H2,1-2H3,(H,24,25). The summed E-state index contributed by atoms with van der Waals surface area (Å²) in [5.41, 5.74) is 1.39. The summed E-state index contributed by atoms with van der Waals surface area (Å²) in [4.78, 5) is 24.0. The fourth-order valence-corrected chi connectivity index (χ4v) is 3.17. The Balaban J connectivity index is 2.47. The molecule has 1 aromatic heterocycles. The lowest BCUT2D eigenvalue weighted by atomic mass is 9.93. The molecule has 1 heterocycles. The summed E-state index contributed by atoms with van der Waals surface area (Å²) < 4.78 is 28.7. The second kappa shape index (κ2) is 6.71. The number of nitrogens with zero attached hydrogens (tertiary/aromatic N) is 1. The van der Waals surface area contributed by atoms with Crippen molar-refractivity contribution in [2.45, 2.75) is 20.0 Å². The van der Waals surface area contributed by atoms with Gasteiger partial charge in [-0.15, -0.1) is 0 Å². The third-order valence-corrected chi connectivity index (χ3v) is 4.45. The van der Waals surface area contributed by atoms with E-state index in [1.54, 1.807) is 18.2 Å². The van der Waals surface area contributed by atoms with Crippen LogP contribution in [0.25, 0.3) is 21.9 Å². The summed E-state index contributed by atoms with van der Waals surface area (Å²) in [7, 11) is 1.47. The highest BCUT2D eigenvalue weighted by Gasteiger charge is 2.21. The number of alkyl halides is 1. The first-order valence-corrected chi connectivity index (χ1v) is 8.02. The van der Waals surface area contributed by atoms with Gasteiger partial charge in [0.25, 0.3) is 5.56 Å². The molecule has 3 aromatic rings. The summed E-state index contributed by atoms with van der Waals surface area (Å²) in [6, 6.07) is 9.13. The molecule has 134 valence electrons. The fraction of sp³-hybridized carbons (Fsp3) is 0.200. The normalized spacial score (nSPS) is 11.1. The van der Waals surface area contributed by atoms with E-state index in [2.05, 4.69) is 0 Å². The molecule has 0 fully saturated rings. The zero-order valence-electron chi connectivity index (χ0n) is 14.3. The van der Waals surface area contributed by atoms with Crippen molar-refractivity contribution in [1.82, 2.24) is 4.57 Å². The molecule has 0 aliphatic rings. The Morgan fingerprint density at radius 2 is 1.88 bits per heavy atom. The minimum atomic E-state index is -1.13. The van der Waals surface area contributed by atoms with Gasteiger partial charge in [0.15, 0.2) is 0 Å². The third-order valence-electron chi connectivity index (χ3n) is 4.45. The van der Waals surface area contributed by atoms with Crippen LogP contribution in [0.4, 0.5) is 8.78 Å². The smallest absolute Gasteiger partial charge is 0.309 e. The van der Waals surface area contributed by atoms with Crippen LogP contribution in [0.2, 0.25) is 0 Å². The molecule has 6 heteroatoms. The number of halogens is 2. The predicted molar refractivity (Wildman–Crippen MR) is 95.5 cm³/mol. The molecule has 0 spiro atoms. The number of hydrogen-bond donors (Lipinski definition) is 1. The molecule has 1 N–H and O–H groups in total. The summed E-state index contributed by atoms with van der Waals surface area (Å²) in [6.07, 6.45) is -0.435. The lowest BCUT2D eigenvalue weighted by molar-refractivity contribution is -0.136. The maximum absolute atomic E-state index is 14.7. The van der Waals surface area contributed by atoms with Gasteiger partial charge < -0.3 is 9.67 Å². The molecule has 4 nitrogen and oxygen atoms in total. The van der Waals surface area contributed by atoms with Crippen LogP contribution in [-0.4, -0.2) is 15.6 Å². The molecule has 0 aliphatic heterocycles. The fourth-order valence-electron chi connectivity index (χ4n) is 3.17. The van der Waals surface area contributed by atoms with Crippen LogP contribution in [0.5, 0.6) is 0 Å². The Bertz CT molecular complexity index is 1090. The van der Waals surface area contributed by atoms with Gasteiger partial charge in [-0.25, -0.2) is 8.78 Å². The van der Waals surface area contributed by atoms with Gasteiger partial charge in [-0.05, 0) is 30.0 Å². The quantitative estimate of drug-likeness (QED) is 0.774. The zero-order chi connectivity index (χ0) is 19.0. The Morgan fingerprint density at radius 1 is 1.15 bits per heavy atom. The van der Waals surface area contributed by atoms with E-state index in [1.807, 2.05) is 6.92 Å². The van der Waals surface area contributed by atoms with E-state index >= 15 is 0 Å². The number of aliphatic carboxylic acids is 1. The van der Waals surface area contributed by atoms with Crippen molar-refractivity contribution >= 4 is 16.7 Å². The largest absolute Gasteiger partial charge is 0.481 e. The van der Waals surface area contributed by atoms with Crippen molar-refractivity contribution in [3.8, 4) is 11.1 Å². The first-order valence-electron chi connectivity index (χ1n) is 8.02. The van der Waals surface area contributed by atoms with E-state index in [9.17, 15) is 23.5 Å². The summed E-state index contributed by atoms with van der Waals surface area (Å²) in [5, 5.41) is 10.1. The zero-order valence-corrected chi connectivity index (χ0v) is 14.3. The van der Waals surface area contributed by atoms with Crippen LogP contribution < -0.4 is 5.56 Å². The van der Waals surface area contributed by atoms with E-state index in [0.29, 0.717) is 16.3 Å². The van der Waals surface area contributed by atoms with E-state index in [-0.39, 0.29) is 22.4 Å². The van der Waals surface area contributed by atoms with Gasteiger partial charge in [-0.1, -0.05) is 29.8 Å². The molecule has 0 aliphatic carbocycles. The first kappa shape index (κ1) is 17.8. The molecular weight excluding hydrogens is 340 g/mol. The number of fused-ring (bicyclic) bond motifs is 1. The molecule has 0 radical (unpaired) electrons. The summed E-state index contributed by atoms with van der Waals surface area (Å²) in [5.74, 6) is -1.79. The Labute approximate surface area is 148 Å². The highest BCUT2D eigenvalue weighted by molar-refractivity contribution is 5.98. The Kier molecular flexibility index (Phi) is 4.59. The van der Waals surface area contributed by atoms with Gasteiger partial charge in [0.05, 0.1) is 6.42 Å². The number of aryl methyl sites for hydroxylation is 1. The molecule has 0 amide bonds. The van der Waals surface area contributed by atoms with E-state index in [0.717, 1.165) is 11.6 Å². The number of benzene rings is 2. The molecular formula is C20H17F2NO3. The van der Waals surface area contributed by atoms with E-state index < -0.39 is 24.9 Å². The van der Waals surface area contributed by atoms with E-state index in [4.69, 9.17) is 0 Å². The topological polar surface area (TPSA) is 59.3 Å². The Morgan fingerprint density at radius 3 is 2.50 bits per heavy atom. The van der Waals surface area contributed by atoms with Crippen molar-refractivity contribution in [1.29, 1.82) is 0 Å². The highest BCUT2D eigenvalue weighted by atomic mass is 19.1. The van der Waals surface area contributed by atoms with Gasteiger partial charge >= 0.3 is 5.97 Å². The number of pyridine rings is 1. The molecule has 3 rings (SSSR count). The van der Waals surface area contributed by atoms with Gasteiger partial charge in [0.2, 0.25) is 0 Å². The van der Waals surface area contributed by atoms with Crippen LogP contribution in [0.1, 0.15) is 16.8 Å². The Hall–Kier alpha value is -3.02. The second-order valence-corrected chi connectivity index (χ2v) is 6.25. The van der Waals surface area contributed by atoms with Crippen molar-refractivity contribution in [3.05, 3.63) is 69.4 Å². The number of aromatic nitrogens is 1. The number of carboxylic acid groups (broad SMARTS) is 1. The van der Waals surface area contributed by atoms with Gasteiger partial charge in [0.1, 0.15) is 12.5 Å². The first-order chi connectivity index (χ1) is 12.3. The van der Waals surface area contributed by atoms with Crippen LogP contribution in [0.3, 0.4) is 0 Å². The average molecular weight is 357 g/mol. The molecule has 2 aromatic carbocycles. The van der Waals surface area contributed by atoms with Crippen molar-refractivity contribution in [2.75, 3.05) is 0 Å². The number of hydrogen-bond acceptors (Lipinski definition) is 2. The maximum atomic E-state index is 14.7. The summed E-state index contributed by atoms with van der Waals surface area (Å²) in [6.45, 7) is 1.03. The van der Waals surface area contributed by atoms with Crippen LogP contribution in [0.15, 0.2) is 41.2 Å². The maximum Gasteiger partial charge on any atom is 0.309 e.